The van der Waals surface area contributed by atoms with Gasteiger partial charge in [0.1, 0.15) is 0 Å². The van der Waals surface area contributed by atoms with E-state index in [-0.39, 0.29) is 17.5 Å². The molecule has 0 spiro atoms. The summed E-state index contributed by atoms with van der Waals surface area (Å²) in [5, 5.41) is 3.85. The first-order valence-corrected chi connectivity index (χ1v) is 6.51. The molecule has 0 N–H and O–H groups in total. The van der Waals surface area contributed by atoms with Crippen molar-refractivity contribution in [2.75, 3.05) is 6.54 Å². The fraction of sp³-hybridized carbons (Fsp3) is 0.357. The number of carbonyl (C=O) groups excluding carboxylic acids is 1. The summed E-state index contributed by atoms with van der Waals surface area (Å²) in [5.41, 5.74) is 0.766. The number of hydrogen-bond donors (Lipinski definition) is 0. The first-order chi connectivity index (χ1) is 9.66. The summed E-state index contributed by atoms with van der Waals surface area (Å²) in [5.74, 6) is -0.443. The minimum absolute atomic E-state index is 0.00404. The predicted molar refractivity (Wildman–Crippen MR) is 68.4 cm³/mol. The van der Waals surface area contributed by atoms with Crippen molar-refractivity contribution in [1.82, 2.24) is 15.0 Å². The molecule has 2 aromatic heterocycles. The highest BCUT2D eigenvalue weighted by atomic mass is 19.1. The van der Waals surface area contributed by atoms with Crippen molar-refractivity contribution in [3.05, 3.63) is 47.4 Å². The Morgan fingerprint density at radius 1 is 1.55 bits per heavy atom. The first kappa shape index (κ1) is 12.8. The van der Waals surface area contributed by atoms with Gasteiger partial charge in [-0.25, -0.2) is 4.98 Å². The zero-order valence-electron chi connectivity index (χ0n) is 11.0. The molecule has 1 amide bonds. The number of likely N-dealkylation sites (tertiary alicyclic amines) is 1. The summed E-state index contributed by atoms with van der Waals surface area (Å²) in [6, 6.07) is 4.64. The van der Waals surface area contributed by atoms with Crippen molar-refractivity contribution in [2.45, 2.75) is 25.8 Å². The predicted octanol–water partition coefficient (Wildman–Crippen LogP) is 2.49. The van der Waals surface area contributed by atoms with Crippen molar-refractivity contribution in [3.63, 3.8) is 0 Å². The third kappa shape index (κ3) is 2.17. The quantitative estimate of drug-likeness (QED) is 0.790. The number of amides is 1. The molecule has 5 nitrogen and oxygen atoms in total. The monoisotopic (exact) mass is 275 g/mol. The molecule has 0 aliphatic carbocycles. The van der Waals surface area contributed by atoms with Gasteiger partial charge in [-0.05, 0) is 31.9 Å². The maximum atomic E-state index is 13.6. The lowest BCUT2D eigenvalue weighted by atomic mass is 10.1. The van der Waals surface area contributed by atoms with Gasteiger partial charge in [-0.2, -0.15) is 4.39 Å². The van der Waals surface area contributed by atoms with E-state index in [0.717, 1.165) is 18.5 Å². The second kappa shape index (κ2) is 5.03. The molecular formula is C14H14FN3O2. The Hall–Kier alpha value is -2.24. The molecule has 1 unspecified atom stereocenters. The topological polar surface area (TPSA) is 59.2 Å². The van der Waals surface area contributed by atoms with Gasteiger partial charge in [-0.1, -0.05) is 5.16 Å². The molecule has 0 radical (unpaired) electrons. The average Bonchev–Trinajstić information content (AvgIpc) is 3.06. The van der Waals surface area contributed by atoms with Gasteiger partial charge in [0.15, 0.2) is 5.76 Å². The Bertz CT molecular complexity index is 641. The van der Waals surface area contributed by atoms with Gasteiger partial charge in [0, 0.05) is 18.8 Å². The van der Waals surface area contributed by atoms with E-state index in [1.54, 1.807) is 11.0 Å². The summed E-state index contributed by atoms with van der Waals surface area (Å²) in [6.07, 6.45) is 2.98. The molecular weight excluding hydrogens is 261 g/mol. The summed E-state index contributed by atoms with van der Waals surface area (Å²) in [4.78, 5) is 17.6. The Morgan fingerprint density at radius 2 is 2.40 bits per heavy atom. The highest BCUT2D eigenvalue weighted by Crippen LogP contribution is 2.33. The van der Waals surface area contributed by atoms with Gasteiger partial charge < -0.3 is 9.42 Å². The Labute approximate surface area is 115 Å². The Balaban J connectivity index is 1.89. The second-order valence-electron chi connectivity index (χ2n) is 4.87. The van der Waals surface area contributed by atoms with Crippen LogP contribution in [0.4, 0.5) is 4.39 Å². The van der Waals surface area contributed by atoms with Crippen LogP contribution in [0, 0.1) is 12.9 Å². The standard InChI is InChI=1S/C14H14FN3O2/c1-9-8-12(20-17-9)11-5-3-7-18(11)14(19)10-4-2-6-16-13(10)15/h2,4,6,8,11H,3,5,7H2,1H3. The van der Waals surface area contributed by atoms with E-state index < -0.39 is 5.95 Å². The van der Waals surface area contributed by atoms with Crippen molar-refractivity contribution in [3.8, 4) is 0 Å². The summed E-state index contributed by atoms with van der Waals surface area (Å²) >= 11 is 0. The first-order valence-electron chi connectivity index (χ1n) is 6.51. The van der Waals surface area contributed by atoms with Gasteiger partial charge in [0.05, 0.1) is 17.3 Å². The van der Waals surface area contributed by atoms with Gasteiger partial charge in [0.2, 0.25) is 5.95 Å². The fourth-order valence-electron chi connectivity index (χ4n) is 2.55. The van der Waals surface area contributed by atoms with Crippen LogP contribution in [0.25, 0.3) is 0 Å². The lowest BCUT2D eigenvalue weighted by Gasteiger charge is -2.22. The molecule has 2 aromatic rings. The van der Waals surface area contributed by atoms with Crippen LogP contribution in [0.1, 0.15) is 40.7 Å². The highest BCUT2D eigenvalue weighted by molar-refractivity contribution is 5.94. The molecule has 1 fully saturated rings. The Kier molecular flexibility index (Phi) is 3.22. The molecule has 0 saturated carbocycles. The van der Waals surface area contributed by atoms with Crippen LogP contribution in [0.3, 0.4) is 0 Å². The van der Waals surface area contributed by atoms with Crippen LogP contribution >= 0.6 is 0 Å². The van der Waals surface area contributed by atoms with E-state index in [9.17, 15) is 9.18 Å². The molecule has 3 heterocycles. The number of aromatic nitrogens is 2. The van der Waals surface area contributed by atoms with Gasteiger partial charge in [-0.3, -0.25) is 4.79 Å². The number of carbonyl (C=O) groups is 1. The zero-order chi connectivity index (χ0) is 14.1. The normalized spacial score (nSPS) is 18.5. The lowest BCUT2D eigenvalue weighted by molar-refractivity contribution is 0.0708. The molecule has 0 aromatic carbocycles. The molecule has 1 aliphatic heterocycles. The molecule has 104 valence electrons. The number of pyridine rings is 1. The second-order valence-corrected chi connectivity index (χ2v) is 4.87. The van der Waals surface area contributed by atoms with Crippen LogP contribution in [0.5, 0.6) is 0 Å². The largest absolute Gasteiger partial charge is 0.359 e. The summed E-state index contributed by atoms with van der Waals surface area (Å²) < 4.78 is 18.9. The van der Waals surface area contributed by atoms with Crippen LogP contribution in [0.15, 0.2) is 28.9 Å². The third-order valence-corrected chi connectivity index (χ3v) is 3.48. The number of hydrogen-bond acceptors (Lipinski definition) is 4. The SMILES string of the molecule is Cc1cc(C2CCCN2C(=O)c2cccnc2F)on1. The molecule has 3 rings (SSSR count). The highest BCUT2D eigenvalue weighted by Gasteiger charge is 2.34. The van der Waals surface area contributed by atoms with Gasteiger partial charge in [-0.15, -0.1) is 0 Å². The summed E-state index contributed by atoms with van der Waals surface area (Å²) in [7, 11) is 0. The van der Waals surface area contributed by atoms with Crippen molar-refractivity contribution >= 4 is 5.91 Å². The zero-order valence-corrected chi connectivity index (χ0v) is 11.0. The van der Waals surface area contributed by atoms with Crippen LogP contribution in [-0.4, -0.2) is 27.5 Å². The Morgan fingerprint density at radius 3 is 3.10 bits per heavy atom. The lowest BCUT2D eigenvalue weighted by Crippen LogP contribution is -2.31. The maximum absolute atomic E-state index is 13.6. The van der Waals surface area contributed by atoms with Crippen molar-refractivity contribution in [1.29, 1.82) is 0 Å². The van der Waals surface area contributed by atoms with Crippen LogP contribution in [0.2, 0.25) is 0 Å². The molecule has 6 heteroatoms. The number of halogens is 1. The maximum Gasteiger partial charge on any atom is 0.259 e. The minimum Gasteiger partial charge on any atom is -0.359 e. The summed E-state index contributed by atoms with van der Waals surface area (Å²) in [6.45, 7) is 2.41. The molecule has 1 aliphatic rings. The number of nitrogens with zero attached hydrogens (tertiary/aromatic N) is 3. The van der Waals surface area contributed by atoms with E-state index in [0.29, 0.717) is 12.3 Å². The number of rotatable bonds is 2. The number of aryl methyl sites for hydroxylation is 1. The van der Waals surface area contributed by atoms with Crippen LogP contribution in [-0.2, 0) is 0 Å². The van der Waals surface area contributed by atoms with E-state index >= 15 is 0 Å². The van der Waals surface area contributed by atoms with Crippen LogP contribution < -0.4 is 0 Å². The molecule has 1 saturated heterocycles. The minimum atomic E-state index is -0.739. The smallest absolute Gasteiger partial charge is 0.259 e. The van der Waals surface area contributed by atoms with Crippen molar-refractivity contribution in [2.24, 2.45) is 0 Å². The fourth-order valence-corrected chi connectivity index (χ4v) is 2.55. The average molecular weight is 275 g/mol. The van der Waals surface area contributed by atoms with Gasteiger partial charge in [0.25, 0.3) is 5.91 Å². The van der Waals surface area contributed by atoms with E-state index in [4.69, 9.17) is 4.52 Å². The molecule has 20 heavy (non-hydrogen) atoms. The van der Waals surface area contributed by atoms with Gasteiger partial charge >= 0.3 is 0 Å². The van der Waals surface area contributed by atoms with E-state index in [1.165, 1.54) is 12.3 Å². The molecule has 0 bridgehead atoms. The van der Waals surface area contributed by atoms with E-state index in [2.05, 4.69) is 10.1 Å². The third-order valence-electron chi connectivity index (χ3n) is 3.48. The van der Waals surface area contributed by atoms with E-state index in [1.807, 2.05) is 13.0 Å². The van der Waals surface area contributed by atoms with Crippen molar-refractivity contribution < 1.29 is 13.7 Å². The molecule has 1 atom stereocenters.